The molecule has 1 aliphatic heterocycles. The summed E-state index contributed by atoms with van der Waals surface area (Å²) in [5.41, 5.74) is 7.14. The van der Waals surface area contributed by atoms with Crippen LogP contribution in [0, 0.1) is 5.92 Å². The molecule has 0 radical (unpaired) electrons. The molecule has 30 heavy (non-hydrogen) atoms. The number of pyridine rings is 1. The summed E-state index contributed by atoms with van der Waals surface area (Å²) in [5.74, 6) is 0.134. The molecule has 2 heterocycles. The molecule has 0 spiro atoms. The number of aromatic nitrogens is 1. The van der Waals surface area contributed by atoms with Crippen molar-refractivity contribution >= 4 is 25.8 Å². The van der Waals surface area contributed by atoms with Crippen LogP contribution in [0.5, 0.6) is 0 Å². The van der Waals surface area contributed by atoms with Gasteiger partial charge in [0.1, 0.15) is 0 Å². The van der Waals surface area contributed by atoms with Gasteiger partial charge in [0.05, 0.1) is 29.7 Å². The molecule has 0 unspecified atom stereocenters. The summed E-state index contributed by atoms with van der Waals surface area (Å²) in [6.07, 6.45) is 2.27. The fraction of sp³-hybridized carbons (Fsp3) is 0.727. The van der Waals surface area contributed by atoms with Gasteiger partial charge in [-0.25, -0.2) is 4.79 Å². The molecule has 170 valence electrons. The lowest BCUT2D eigenvalue weighted by Crippen LogP contribution is -2.66. The number of hydrogen-bond acceptors (Lipinski definition) is 5. The van der Waals surface area contributed by atoms with Gasteiger partial charge in [-0.3, -0.25) is 9.88 Å². The zero-order chi connectivity index (χ0) is 23.1. The minimum absolute atomic E-state index is 0.0414. The molecule has 1 fully saturated rings. The van der Waals surface area contributed by atoms with Crippen LogP contribution in [0.15, 0.2) is 18.5 Å². The van der Waals surface area contributed by atoms with Gasteiger partial charge in [0.2, 0.25) is 0 Å². The molecule has 0 aromatic carbocycles. The van der Waals surface area contributed by atoms with Gasteiger partial charge in [0, 0.05) is 30.7 Å². The lowest BCUT2D eigenvalue weighted by molar-refractivity contribution is -0.0152. The molecule has 8 heteroatoms. The first-order valence-corrected chi connectivity index (χ1v) is 13.6. The SMILES string of the molecule is C[C@H]1CN(c2ccncc2N)C[C@@H](N(C(=O)O)C(C)(C)C)[C@H]1O[Si](C)(C)C(C)(C)C. The molecule has 1 aliphatic rings. The number of carboxylic acid groups (broad SMARTS) is 1. The second-order valence-electron chi connectivity index (χ2n) is 11.1. The van der Waals surface area contributed by atoms with Gasteiger partial charge in [0.15, 0.2) is 8.32 Å². The summed E-state index contributed by atoms with van der Waals surface area (Å²) in [4.78, 5) is 20.2. The smallest absolute Gasteiger partial charge is 0.408 e. The Morgan fingerprint density at radius 3 is 2.33 bits per heavy atom. The van der Waals surface area contributed by atoms with Crippen LogP contribution in [0.25, 0.3) is 0 Å². The Morgan fingerprint density at radius 1 is 1.27 bits per heavy atom. The summed E-state index contributed by atoms with van der Waals surface area (Å²) in [6.45, 7) is 20.3. The van der Waals surface area contributed by atoms with Crippen LogP contribution in [-0.2, 0) is 4.43 Å². The van der Waals surface area contributed by atoms with E-state index in [1.165, 1.54) is 0 Å². The van der Waals surface area contributed by atoms with E-state index in [2.05, 4.69) is 50.7 Å². The number of piperidine rings is 1. The van der Waals surface area contributed by atoms with Crippen molar-refractivity contribution in [1.29, 1.82) is 0 Å². The van der Waals surface area contributed by atoms with E-state index in [-0.39, 0.29) is 23.1 Å². The molecular formula is C22H40N4O3Si. The standard InChI is InChI=1S/C22H40N4O3Si/c1-15-13-25(17-10-11-24-12-16(17)23)14-18(26(20(27)28)21(2,3)4)19(15)29-30(8,9)22(5,6)7/h10-12,15,18-19H,13-14,23H2,1-9H3,(H,27,28)/t15-,18+,19-/m0/s1. The van der Waals surface area contributed by atoms with E-state index in [0.29, 0.717) is 12.2 Å². The lowest BCUT2D eigenvalue weighted by atomic mass is 9.88. The van der Waals surface area contributed by atoms with Gasteiger partial charge in [-0.1, -0.05) is 27.7 Å². The van der Waals surface area contributed by atoms with Crippen molar-refractivity contribution in [2.45, 2.75) is 84.3 Å². The Bertz CT molecular complexity index is 757. The second-order valence-corrected chi connectivity index (χ2v) is 15.8. The monoisotopic (exact) mass is 436 g/mol. The van der Waals surface area contributed by atoms with Crippen LogP contribution < -0.4 is 10.6 Å². The van der Waals surface area contributed by atoms with Crippen molar-refractivity contribution in [3.8, 4) is 0 Å². The van der Waals surface area contributed by atoms with E-state index in [4.69, 9.17) is 10.2 Å². The number of nitrogen functional groups attached to an aromatic ring is 1. The van der Waals surface area contributed by atoms with Gasteiger partial charge in [-0.05, 0) is 45.0 Å². The van der Waals surface area contributed by atoms with Crippen LogP contribution in [0.3, 0.4) is 0 Å². The van der Waals surface area contributed by atoms with Crippen LogP contribution >= 0.6 is 0 Å². The Morgan fingerprint density at radius 2 is 1.87 bits per heavy atom. The average molecular weight is 437 g/mol. The van der Waals surface area contributed by atoms with E-state index < -0.39 is 19.9 Å². The molecule has 1 saturated heterocycles. The molecule has 1 aromatic rings. The molecule has 3 N–H and O–H groups in total. The normalized spacial score (nSPS) is 23.4. The van der Waals surface area contributed by atoms with Gasteiger partial charge >= 0.3 is 6.09 Å². The van der Waals surface area contributed by atoms with E-state index >= 15 is 0 Å². The van der Waals surface area contributed by atoms with Crippen LogP contribution in [-0.4, -0.2) is 60.2 Å². The first kappa shape index (κ1) is 24.5. The number of amides is 1. The quantitative estimate of drug-likeness (QED) is 0.667. The number of nitrogens with two attached hydrogens (primary N) is 1. The number of rotatable bonds is 4. The van der Waals surface area contributed by atoms with Crippen molar-refractivity contribution in [3.05, 3.63) is 18.5 Å². The minimum Gasteiger partial charge on any atom is -0.465 e. The zero-order valence-electron chi connectivity index (χ0n) is 20.1. The summed E-state index contributed by atoms with van der Waals surface area (Å²) in [6, 6.07) is 1.59. The predicted molar refractivity (Wildman–Crippen MR) is 126 cm³/mol. The van der Waals surface area contributed by atoms with Crippen LogP contribution in [0.1, 0.15) is 48.5 Å². The first-order chi connectivity index (χ1) is 13.6. The number of hydrogen-bond donors (Lipinski definition) is 2. The molecule has 1 aromatic heterocycles. The van der Waals surface area contributed by atoms with Gasteiger partial charge in [-0.2, -0.15) is 0 Å². The molecular weight excluding hydrogens is 396 g/mol. The third-order valence-corrected chi connectivity index (χ3v) is 11.0. The average Bonchev–Trinajstić information content (AvgIpc) is 2.55. The Kier molecular flexibility index (Phi) is 6.83. The van der Waals surface area contributed by atoms with Crippen molar-refractivity contribution < 1.29 is 14.3 Å². The highest BCUT2D eigenvalue weighted by molar-refractivity contribution is 6.74. The van der Waals surface area contributed by atoms with Gasteiger partial charge in [-0.15, -0.1) is 0 Å². The largest absolute Gasteiger partial charge is 0.465 e. The maximum Gasteiger partial charge on any atom is 0.408 e. The Balaban J connectivity index is 2.50. The van der Waals surface area contributed by atoms with Crippen molar-refractivity contribution in [2.75, 3.05) is 23.7 Å². The van der Waals surface area contributed by atoms with Crippen LogP contribution in [0.4, 0.5) is 16.2 Å². The highest BCUT2D eigenvalue weighted by Crippen LogP contribution is 2.41. The fourth-order valence-corrected chi connectivity index (χ4v) is 5.41. The summed E-state index contributed by atoms with van der Waals surface area (Å²) < 4.78 is 6.87. The second kappa shape index (κ2) is 8.38. The van der Waals surface area contributed by atoms with Crippen molar-refractivity contribution in [2.24, 2.45) is 5.92 Å². The molecule has 0 saturated carbocycles. The Hall–Kier alpha value is -1.80. The Labute approximate surface area is 182 Å². The lowest BCUT2D eigenvalue weighted by Gasteiger charge is -2.53. The topological polar surface area (TPSA) is 91.9 Å². The minimum atomic E-state index is -2.10. The van der Waals surface area contributed by atoms with E-state index in [9.17, 15) is 9.90 Å². The summed E-state index contributed by atoms with van der Waals surface area (Å²) in [7, 11) is -2.10. The number of carbonyl (C=O) groups is 1. The molecule has 3 atom stereocenters. The highest BCUT2D eigenvalue weighted by Gasteiger charge is 2.48. The molecule has 1 amide bonds. The van der Waals surface area contributed by atoms with E-state index in [0.717, 1.165) is 12.2 Å². The maximum atomic E-state index is 12.4. The van der Waals surface area contributed by atoms with E-state index in [1.54, 1.807) is 17.3 Å². The molecule has 0 bridgehead atoms. The van der Waals surface area contributed by atoms with Gasteiger partial charge in [0.25, 0.3) is 0 Å². The first-order valence-electron chi connectivity index (χ1n) is 10.7. The fourth-order valence-electron chi connectivity index (χ4n) is 3.99. The van der Waals surface area contributed by atoms with Crippen molar-refractivity contribution in [3.63, 3.8) is 0 Å². The van der Waals surface area contributed by atoms with Crippen molar-refractivity contribution in [1.82, 2.24) is 9.88 Å². The number of anilines is 2. The third kappa shape index (κ3) is 5.08. The molecule has 7 nitrogen and oxygen atoms in total. The summed E-state index contributed by atoms with van der Waals surface area (Å²) >= 11 is 0. The highest BCUT2D eigenvalue weighted by atomic mass is 28.4. The predicted octanol–water partition coefficient (Wildman–Crippen LogP) is 4.66. The maximum absolute atomic E-state index is 12.4. The molecule has 2 rings (SSSR count). The van der Waals surface area contributed by atoms with Gasteiger partial charge < -0.3 is 20.2 Å². The number of nitrogens with zero attached hydrogens (tertiary/aromatic N) is 3. The third-order valence-electron chi connectivity index (χ3n) is 6.52. The molecule has 0 aliphatic carbocycles. The van der Waals surface area contributed by atoms with Crippen LogP contribution in [0.2, 0.25) is 18.1 Å². The zero-order valence-corrected chi connectivity index (χ0v) is 21.1. The summed E-state index contributed by atoms with van der Waals surface area (Å²) in [5, 5.41) is 10.2. The van der Waals surface area contributed by atoms with E-state index in [1.807, 2.05) is 26.8 Å².